The minimum Gasteiger partial charge on any atom is -0.383 e. The standard InChI is InChI=1S/C7H6BrF2N.C2H6/c1-11-7-5(9)2-4(8)3-6(7)10;1-2/h2-3,11H,1H3;1-2H3. The molecule has 74 valence electrons. The van der Waals surface area contributed by atoms with Crippen molar-refractivity contribution in [2.45, 2.75) is 13.8 Å². The summed E-state index contributed by atoms with van der Waals surface area (Å²) in [6, 6.07) is 2.41. The Morgan fingerprint density at radius 1 is 1.15 bits per heavy atom. The monoisotopic (exact) mass is 251 g/mol. The van der Waals surface area contributed by atoms with Gasteiger partial charge in [-0.2, -0.15) is 0 Å². The molecule has 0 saturated heterocycles. The molecule has 1 N–H and O–H groups in total. The van der Waals surface area contributed by atoms with Crippen LogP contribution in [0.15, 0.2) is 16.6 Å². The molecule has 0 fully saturated rings. The molecular weight excluding hydrogens is 240 g/mol. The Morgan fingerprint density at radius 2 is 1.54 bits per heavy atom. The van der Waals surface area contributed by atoms with Crippen molar-refractivity contribution in [2.75, 3.05) is 12.4 Å². The van der Waals surface area contributed by atoms with Crippen LogP contribution in [0.25, 0.3) is 0 Å². The fourth-order valence-corrected chi connectivity index (χ4v) is 1.18. The van der Waals surface area contributed by atoms with Crippen molar-refractivity contribution >= 4 is 21.6 Å². The lowest BCUT2D eigenvalue weighted by Gasteiger charge is -2.03. The third kappa shape index (κ3) is 3.30. The van der Waals surface area contributed by atoms with Crippen LogP contribution in [0.5, 0.6) is 0 Å². The van der Waals surface area contributed by atoms with E-state index in [4.69, 9.17) is 0 Å². The van der Waals surface area contributed by atoms with Crippen molar-refractivity contribution in [3.63, 3.8) is 0 Å². The Hall–Kier alpha value is -0.640. The highest BCUT2D eigenvalue weighted by Gasteiger charge is 2.07. The van der Waals surface area contributed by atoms with E-state index < -0.39 is 11.6 Å². The maximum Gasteiger partial charge on any atom is 0.150 e. The van der Waals surface area contributed by atoms with Crippen LogP contribution in [-0.4, -0.2) is 7.05 Å². The third-order valence-corrected chi connectivity index (χ3v) is 1.71. The van der Waals surface area contributed by atoms with Crippen molar-refractivity contribution < 1.29 is 8.78 Å². The molecule has 0 aliphatic rings. The van der Waals surface area contributed by atoms with Gasteiger partial charge in [0, 0.05) is 11.5 Å². The van der Waals surface area contributed by atoms with Crippen molar-refractivity contribution in [2.24, 2.45) is 0 Å². The molecule has 1 aromatic rings. The van der Waals surface area contributed by atoms with Gasteiger partial charge in [0.1, 0.15) is 17.3 Å². The maximum absolute atomic E-state index is 12.8. The highest BCUT2D eigenvalue weighted by molar-refractivity contribution is 9.10. The fourth-order valence-electron chi connectivity index (χ4n) is 0.781. The van der Waals surface area contributed by atoms with E-state index in [1.807, 2.05) is 13.8 Å². The van der Waals surface area contributed by atoms with Gasteiger partial charge in [0.2, 0.25) is 0 Å². The first kappa shape index (κ1) is 12.4. The van der Waals surface area contributed by atoms with Crippen molar-refractivity contribution in [1.29, 1.82) is 0 Å². The molecule has 13 heavy (non-hydrogen) atoms. The topological polar surface area (TPSA) is 12.0 Å². The lowest BCUT2D eigenvalue weighted by molar-refractivity contribution is 0.588. The summed E-state index contributed by atoms with van der Waals surface area (Å²) < 4.78 is 26.0. The zero-order chi connectivity index (χ0) is 10.4. The number of anilines is 1. The molecule has 0 aromatic heterocycles. The quantitative estimate of drug-likeness (QED) is 0.801. The molecular formula is C9H12BrF2N. The van der Waals surface area contributed by atoms with Gasteiger partial charge in [-0.15, -0.1) is 0 Å². The van der Waals surface area contributed by atoms with Crippen LogP contribution in [0, 0.1) is 11.6 Å². The van der Waals surface area contributed by atoms with Crippen molar-refractivity contribution in [3.05, 3.63) is 28.2 Å². The number of halogens is 3. The number of benzene rings is 1. The molecule has 0 heterocycles. The molecule has 4 heteroatoms. The summed E-state index contributed by atoms with van der Waals surface area (Å²) in [6.07, 6.45) is 0. The Balaban J connectivity index is 0.000000671. The van der Waals surface area contributed by atoms with E-state index in [1.165, 1.54) is 19.2 Å². The Labute approximate surface area is 85.3 Å². The minimum absolute atomic E-state index is 0.104. The van der Waals surface area contributed by atoms with Gasteiger partial charge >= 0.3 is 0 Å². The molecule has 0 aliphatic carbocycles. The smallest absolute Gasteiger partial charge is 0.150 e. The van der Waals surface area contributed by atoms with Crippen LogP contribution in [0.3, 0.4) is 0 Å². The summed E-state index contributed by atoms with van der Waals surface area (Å²) in [6.45, 7) is 4.00. The first-order chi connectivity index (χ1) is 6.15. The van der Waals surface area contributed by atoms with Gasteiger partial charge in [-0.05, 0) is 12.1 Å². The molecule has 0 amide bonds. The Bertz CT molecular complexity index is 253. The first-order valence-corrected chi connectivity index (χ1v) is 4.76. The van der Waals surface area contributed by atoms with Gasteiger partial charge in [0.15, 0.2) is 0 Å². The molecule has 0 aliphatic heterocycles. The van der Waals surface area contributed by atoms with Gasteiger partial charge in [-0.1, -0.05) is 29.8 Å². The first-order valence-electron chi connectivity index (χ1n) is 3.97. The summed E-state index contributed by atoms with van der Waals surface area (Å²) in [7, 11) is 1.47. The van der Waals surface area contributed by atoms with E-state index in [2.05, 4.69) is 21.2 Å². The van der Waals surface area contributed by atoms with Gasteiger partial charge in [-0.3, -0.25) is 0 Å². The maximum atomic E-state index is 12.8. The zero-order valence-corrected chi connectivity index (χ0v) is 9.37. The van der Waals surface area contributed by atoms with Gasteiger partial charge in [-0.25, -0.2) is 8.78 Å². The van der Waals surface area contributed by atoms with Crippen LogP contribution >= 0.6 is 15.9 Å². The van der Waals surface area contributed by atoms with E-state index in [9.17, 15) is 8.78 Å². The lowest BCUT2D eigenvalue weighted by atomic mass is 10.3. The van der Waals surface area contributed by atoms with E-state index in [0.717, 1.165) is 0 Å². The second kappa shape index (κ2) is 5.91. The highest BCUT2D eigenvalue weighted by atomic mass is 79.9. The fraction of sp³-hybridized carbons (Fsp3) is 0.333. The van der Waals surface area contributed by atoms with Crippen LogP contribution in [0.1, 0.15) is 13.8 Å². The molecule has 1 nitrogen and oxygen atoms in total. The summed E-state index contributed by atoms with van der Waals surface area (Å²) in [5.41, 5.74) is -0.104. The SMILES string of the molecule is CC.CNc1c(F)cc(Br)cc1F. The van der Waals surface area contributed by atoms with Crippen LogP contribution in [-0.2, 0) is 0 Å². The molecule has 1 rings (SSSR count). The molecule has 0 atom stereocenters. The summed E-state index contributed by atoms with van der Waals surface area (Å²) in [5.74, 6) is -1.20. The molecule has 0 radical (unpaired) electrons. The number of nitrogens with one attached hydrogen (secondary N) is 1. The van der Waals surface area contributed by atoms with Crippen molar-refractivity contribution in [3.8, 4) is 0 Å². The predicted octanol–water partition coefficient (Wildman–Crippen LogP) is 3.80. The van der Waals surface area contributed by atoms with Gasteiger partial charge < -0.3 is 5.32 Å². The van der Waals surface area contributed by atoms with Crippen molar-refractivity contribution in [1.82, 2.24) is 0 Å². The molecule has 0 bridgehead atoms. The Morgan fingerprint density at radius 3 is 1.85 bits per heavy atom. The van der Waals surface area contributed by atoms with Crippen LogP contribution < -0.4 is 5.32 Å². The number of hydrogen-bond acceptors (Lipinski definition) is 1. The van der Waals surface area contributed by atoms with Crippen LogP contribution in [0.4, 0.5) is 14.5 Å². The predicted molar refractivity (Wildman–Crippen MR) is 55.0 cm³/mol. The van der Waals surface area contributed by atoms with Gasteiger partial charge in [0.05, 0.1) is 0 Å². The van der Waals surface area contributed by atoms with Gasteiger partial charge in [0.25, 0.3) is 0 Å². The molecule has 0 saturated carbocycles. The zero-order valence-electron chi connectivity index (χ0n) is 7.79. The number of hydrogen-bond donors (Lipinski definition) is 1. The van der Waals surface area contributed by atoms with E-state index in [0.29, 0.717) is 4.47 Å². The van der Waals surface area contributed by atoms with Crippen LogP contribution in [0.2, 0.25) is 0 Å². The lowest BCUT2D eigenvalue weighted by Crippen LogP contribution is -1.96. The second-order valence-electron chi connectivity index (χ2n) is 1.99. The molecule has 1 aromatic carbocycles. The molecule has 0 unspecified atom stereocenters. The van der Waals surface area contributed by atoms with E-state index >= 15 is 0 Å². The summed E-state index contributed by atoms with van der Waals surface area (Å²) in [5, 5.41) is 2.42. The normalized spacial score (nSPS) is 8.77. The average molecular weight is 252 g/mol. The summed E-state index contributed by atoms with van der Waals surface area (Å²) in [4.78, 5) is 0. The van der Waals surface area contributed by atoms with E-state index in [-0.39, 0.29) is 5.69 Å². The van der Waals surface area contributed by atoms with E-state index in [1.54, 1.807) is 0 Å². The second-order valence-corrected chi connectivity index (χ2v) is 2.91. The average Bonchev–Trinajstić information content (AvgIpc) is 2.07. The highest BCUT2D eigenvalue weighted by Crippen LogP contribution is 2.22. The minimum atomic E-state index is -0.598. The third-order valence-electron chi connectivity index (χ3n) is 1.26. The molecule has 0 spiro atoms. The summed E-state index contributed by atoms with van der Waals surface area (Å²) >= 11 is 2.97. The Kier molecular flexibility index (Phi) is 5.62. The largest absolute Gasteiger partial charge is 0.383 e. The number of rotatable bonds is 1.